The third-order valence-corrected chi connectivity index (χ3v) is 8.34. The summed E-state index contributed by atoms with van der Waals surface area (Å²) in [5.41, 5.74) is 9.11. The molecule has 8 heteroatoms. The summed E-state index contributed by atoms with van der Waals surface area (Å²) in [5, 5.41) is 4.16. The number of halogens is 1. The fourth-order valence-electron chi connectivity index (χ4n) is 5.81. The van der Waals surface area contributed by atoms with Crippen molar-refractivity contribution in [3.63, 3.8) is 0 Å². The van der Waals surface area contributed by atoms with E-state index in [9.17, 15) is 4.39 Å². The zero-order valence-electron chi connectivity index (χ0n) is 22.4. The van der Waals surface area contributed by atoms with Crippen molar-refractivity contribution in [3.8, 4) is 5.75 Å². The SMILES string of the molecule is COc1ccc(C2=C(C)N=C(C3(C)CCN(c4ncnc5c4C=C(c4cnn(C(C)F)c4)C5)CC3)C2)cc1. The van der Waals surface area contributed by atoms with Crippen molar-refractivity contribution >= 4 is 28.8 Å². The van der Waals surface area contributed by atoms with E-state index >= 15 is 0 Å². The van der Waals surface area contributed by atoms with Gasteiger partial charge in [-0.1, -0.05) is 19.1 Å². The summed E-state index contributed by atoms with van der Waals surface area (Å²) in [6.45, 7) is 7.79. The number of hydrogen-bond acceptors (Lipinski definition) is 6. The number of aliphatic imine (C=N–C) groups is 1. The molecule has 1 aliphatic carbocycles. The summed E-state index contributed by atoms with van der Waals surface area (Å²) in [6, 6.07) is 8.28. The molecular formula is C30H33FN6O. The minimum atomic E-state index is -1.15. The molecule has 0 saturated carbocycles. The van der Waals surface area contributed by atoms with Crippen LogP contribution >= 0.6 is 0 Å². The van der Waals surface area contributed by atoms with Gasteiger partial charge in [-0.3, -0.25) is 4.99 Å². The highest BCUT2D eigenvalue weighted by Crippen LogP contribution is 2.43. The Bertz CT molecular complexity index is 1460. The van der Waals surface area contributed by atoms with Crippen molar-refractivity contribution in [2.75, 3.05) is 25.1 Å². The lowest BCUT2D eigenvalue weighted by Gasteiger charge is -2.40. The number of allylic oxidation sites excluding steroid dienone is 3. The predicted octanol–water partition coefficient (Wildman–Crippen LogP) is 6.15. The van der Waals surface area contributed by atoms with Crippen LogP contribution in [0.3, 0.4) is 0 Å². The van der Waals surface area contributed by atoms with Gasteiger partial charge in [-0.05, 0) is 61.6 Å². The zero-order valence-corrected chi connectivity index (χ0v) is 22.4. The zero-order chi connectivity index (χ0) is 26.4. The van der Waals surface area contributed by atoms with E-state index in [2.05, 4.69) is 47.0 Å². The predicted molar refractivity (Wildman–Crippen MR) is 149 cm³/mol. The van der Waals surface area contributed by atoms with Crippen LogP contribution in [0.4, 0.5) is 10.2 Å². The van der Waals surface area contributed by atoms with Crippen molar-refractivity contribution in [2.24, 2.45) is 10.4 Å². The highest BCUT2D eigenvalue weighted by molar-refractivity contribution is 6.03. The van der Waals surface area contributed by atoms with Gasteiger partial charge >= 0.3 is 0 Å². The van der Waals surface area contributed by atoms with Gasteiger partial charge in [0.15, 0.2) is 6.30 Å². The van der Waals surface area contributed by atoms with E-state index in [4.69, 9.17) is 14.7 Å². The van der Waals surface area contributed by atoms with E-state index < -0.39 is 6.30 Å². The number of nitrogens with zero attached hydrogens (tertiary/aromatic N) is 6. The Hall–Kier alpha value is -3.81. The van der Waals surface area contributed by atoms with Crippen molar-refractivity contribution in [3.05, 3.63) is 71.1 Å². The molecule has 38 heavy (non-hydrogen) atoms. The second kappa shape index (κ2) is 9.49. The van der Waals surface area contributed by atoms with Gasteiger partial charge < -0.3 is 9.64 Å². The average Bonchev–Trinajstić information content (AvgIpc) is 3.67. The summed E-state index contributed by atoms with van der Waals surface area (Å²) < 4.78 is 20.3. The van der Waals surface area contributed by atoms with Crippen molar-refractivity contribution in [1.29, 1.82) is 0 Å². The molecule has 0 spiro atoms. The minimum Gasteiger partial charge on any atom is -0.497 e. The van der Waals surface area contributed by atoms with Crippen LogP contribution in [0, 0.1) is 5.41 Å². The maximum atomic E-state index is 13.7. The Kier molecular flexibility index (Phi) is 6.13. The highest BCUT2D eigenvalue weighted by Gasteiger charge is 2.38. The molecule has 2 aliphatic heterocycles. The topological polar surface area (TPSA) is 68.4 Å². The van der Waals surface area contributed by atoms with Crippen LogP contribution in [-0.2, 0) is 6.42 Å². The van der Waals surface area contributed by atoms with Crippen LogP contribution in [0.2, 0.25) is 0 Å². The first-order valence-electron chi connectivity index (χ1n) is 13.2. The molecule has 0 bridgehead atoms. The lowest BCUT2D eigenvalue weighted by atomic mass is 9.74. The number of piperidine rings is 1. The third-order valence-electron chi connectivity index (χ3n) is 8.34. The molecule has 0 N–H and O–H groups in total. The first-order valence-corrected chi connectivity index (χ1v) is 13.2. The van der Waals surface area contributed by atoms with E-state index in [1.54, 1.807) is 25.8 Å². The third kappa shape index (κ3) is 4.31. The minimum absolute atomic E-state index is 0.0564. The van der Waals surface area contributed by atoms with Gasteiger partial charge in [0.2, 0.25) is 0 Å². The number of ether oxygens (including phenoxy) is 1. The van der Waals surface area contributed by atoms with Gasteiger partial charge in [-0.15, -0.1) is 0 Å². The molecule has 3 aromatic rings. The van der Waals surface area contributed by atoms with Crippen LogP contribution in [0.15, 0.2) is 53.7 Å². The van der Waals surface area contributed by atoms with Gasteiger partial charge in [-0.2, -0.15) is 5.10 Å². The summed E-state index contributed by atoms with van der Waals surface area (Å²) in [7, 11) is 1.69. The molecule has 7 nitrogen and oxygen atoms in total. The van der Waals surface area contributed by atoms with Crippen molar-refractivity contribution in [2.45, 2.75) is 52.8 Å². The Balaban J connectivity index is 1.16. The van der Waals surface area contributed by atoms with Crippen molar-refractivity contribution < 1.29 is 9.13 Å². The molecule has 4 heterocycles. The van der Waals surface area contributed by atoms with Gasteiger partial charge in [0, 0.05) is 60.1 Å². The second-order valence-electron chi connectivity index (χ2n) is 10.8. The molecular weight excluding hydrogens is 479 g/mol. The number of methoxy groups -OCH3 is 1. The second-order valence-corrected chi connectivity index (χ2v) is 10.8. The molecule has 196 valence electrons. The number of aromatic nitrogens is 4. The average molecular weight is 513 g/mol. The molecule has 1 unspecified atom stereocenters. The summed E-state index contributed by atoms with van der Waals surface area (Å²) >= 11 is 0. The number of rotatable bonds is 6. The van der Waals surface area contributed by atoms with E-state index in [0.29, 0.717) is 6.42 Å². The van der Waals surface area contributed by atoms with Crippen LogP contribution in [0.5, 0.6) is 5.75 Å². The summed E-state index contributed by atoms with van der Waals surface area (Å²) in [6.07, 6.45) is 9.80. The Morgan fingerprint density at radius 3 is 2.50 bits per heavy atom. The molecule has 1 atom stereocenters. The maximum absolute atomic E-state index is 13.7. The van der Waals surface area contributed by atoms with Crippen molar-refractivity contribution in [1.82, 2.24) is 19.7 Å². The van der Waals surface area contributed by atoms with Crippen LogP contribution in [-0.4, -0.2) is 45.7 Å². The van der Waals surface area contributed by atoms with Crippen LogP contribution in [0.1, 0.15) is 68.7 Å². The molecule has 3 aliphatic rings. The van der Waals surface area contributed by atoms with Gasteiger partial charge in [0.05, 0.1) is 19.0 Å². The van der Waals surface area contributed by atoms with Crippen LogP contribution < -0.4 is 9.64 Å². The largest absolute Gasteiger partial charge is 0.497 e. The molecule has 0 amide bonds. The normalized spacial score (nSPS) is 19.3. The Morgan fingerprint density at radius 1 is 1.05 bits per heavy atom. The number of anilines is 1. The number of benzene rings is 1. The van der Waals surface area contributed by atoms with E-state index in [-0.39, 0.29) is 5.41 Å². The molecule has 0 radical (unpaired) electrons. The molecule has 1 fully saturated rings. The monoisotopic (exact) mass is 512 g/mol. The summed E-state index contributed by atoms with van der Waals surface area (Å²) in [4.78, 5) is 16.7. The highest BCUT2D eigenvalue weighted by atomic mass is 19.1. The van der Waals surface area contributed by atoms with Gasteiger partial charge in [0.25, 0.3) is 0 Å². The number of hydrogen-bond donors (Lipinski definition) is 0. The van der Waals surface area contributed by atoms with E-state index in [1.807, 2.05) is 12.1 Å². The number of alkyl halides is 1. The Morgan fingerprint density at radius 2 is 1.82 bits per heavy atom. The van der Waals surface area contributed by atoms with E-state index in [1.165, 1.54) is 28.5 Å². The first kappa shape index (κ1) is 24.5. The maximum Gasteiger partial charge on any atom is 0.188 e. The molecule has 1 aromatic carbocycles. The van der Waals surface area contributed by atoms with Crippen LogP contribution in [0.25, 0.3) is 17.2 Å². The molecule has 6 rings (SSSR count). The molecule has 2 aromatic heterocycles. The quantitative estimate of drug-likeness (QED) is 0.396. The Labute approximate surface area is 222 Å². The lowest BCUT2D eigenvalue weighted by Crippen LogP contribution is -2.43. The van der Waals surface area contributed by atoms with Gasteiger partial charge in [-0.25, -0.2) is 19.0 Å². The first-order chi connectivity index (χ1) is 18.3. The smallest absolute Gasteiger partial charge is 0.188 e. The summed E-state index contributed by atoms with van der Waals surface area (Å²) in [5.74, 6) is 1.85. The standard InChI is InChI=1S/C30H33FN6O/c1-19-25(21-5-7-24(38-4)8-6-21)15-28(35-19)30(3)9-11-36(12-10-30)29-26-13-22(14-27(26)32-18-33-29)23-16-34-37(17-23)20(2)31/h5-8,13,16-18,20H,9-12,14-15H2,1-4H3. The van der Waals surface area contributed by atoms with E-state index in [0.717, 1.165) is 72.0 Å². The lowest BCUT2D eigenvalue weighted by molar-refractivity contribution is 0.245. The number of fused-ring (bicyclic) bond motifs is 1. The fourth-order valence-corrected chi connectivity index (χ4v) is 5.81. The molecule has 1 saturated heterocycles. The van der Waals surface area contributed by atoms with Gasteiger partial charge in [0.1, 0.15) is 17.9 Å². The fraction of sp³-hybridized carbons (Fsp3) is 0.400.